The molecular formula is C56H40N2O2. The first-order valence-electron chi connectivity index (χ1n) is 20.9. The molecule has 286 valence electrons. The van der Waals surface area contributed by atoms with Gasteiger partial charge in [0, 0.05) is 49.8 Å². The molecule has 0 unspecified atom stereocenters. The van der Waals surface area contributed by atoms with Gasteiger partial charge in [0.05, 0.1) is 22.7 Å². The van der Waals surface area contributed by atoms with Crippen molar-refractivity contribution in [1.82, 2.24) is 0 Å². The minimum absolute atomic E-state index is 0.103. The van der Waals surface area contributed by atoms with Crippen LogP contribution >= 0.6 is 0 Å². The van der Waals surface area contributed by atoms with E-state index in [4.69, 9.17) is 8.83 Å². The highest BCUT2D eigenvalue weighted by Gasteiger charge is 2.38. The monoisotopic (exact) mass is 772 g/mol. The minimum Gasteiger partial charge on any atom is -0.456 e. The van der Waals surface area contributed by atoms with E-state index in [2.05, 4.69) is 207 Å². The van der Waals surface area contributed by atoms with Crippen LogP contribution in [0.15, 0.2) is 179 Å². The summed E-state index contributed by atoms with van der Waals surface area (Å²) in [6.07, 6.45) is 0. The van der Waals surface area contributed by atoms with Crippen LogP contribution in [0.2, 0.25) is 0 Å². The number of para-hydroxylation sites is 4. The molecule has 4 nitrogen and oxygen atoms in total. The van der Waals surface area contributed by atoms with Crippen LogP contribution in [0, 0.1) is 0 Å². The van der Waals surface area contributed by atoms with Gasteiger partial charge in [-0.05, 0) is 123 Å². The second kappa shape index (κ2) is 11.7. The van der Waals surface area contributed by atoms with Crippen molar-refractivity contribution in [3.8, 4) is 0 Å². The van der Waals surface area contributed by atoms with E-state index in [9.17, 15) is 0 Å². The van der Waals surface area contributed by atoms with Crippen molar-refractivity contribution >= 4 is 99.5 Å². The number of hydrogen-bond donors (Lipinski definition) is 0. The molecule has 0 saturated heterocycles. The van der Waals surface area contributed by atoms with Crippen molar-refractivity contribution in [3.63, 3.8) is 0 Å². The molecule has 0 N–H and O–H groups in total. The lowest BCUT2D eigenvalue weighted by molar-refractivity contribution is 0.632. The van der Waals surface area contributed by atoms with Gasteiger partial charge in [0.2, 0.25) is 0 Å². The van der Waals surface area contributed by atoms with Crippen LogP contribution in [-0.4, -0.2) is 0 Å². The van der Waals surface area contributed by atoms with E-state index >= 15 is 0 Å². The standard InChI is InChI=1S/C56H40N2O2/c1-55(2)43-13-5-9-17-47(43)57(48-18-10-6-14-44(48)55)37-23-21-33-27-39-41-31-42-40-28-34-22-24-38(58-49-19-11-7-15-45(49)56(3,4)46-16-8-12-20-50(46)58)26-36(34)30-52(40)60-54(42)32-53(41)59-51(39)29-35(33)25-37/h5-32H,1-4H3. The van der Waals surface area contributed by atoms with Crippen molar-refractivity contribution in [2.24, 2.45) is 0 Å². The molecule has 13 rings (SSSR count). The SMILES string of the molecule is CC1(C)c2ccccc2N(c2ccc3cc4c(cc3c2)oc2cc3oc5cc6cc(N7c8ccccc8C(C)(C)c8ccccc87)ccc6cc5c3cc24)c2ccccc21. The van der Waals surface area contributed by atoms with Gasteiger partial charge in [-0.2, -0.15) is 0 Å². The summed E-state index contributed by atoms with van der Waals surface area (Å²) in [7, 11) is 0. The molecule has 0 bridgehead atoms. The second-order valence-electron chi connectivity index (χ2n) is 17.8. The molecule has 0 radical (unpaired) electrons. The Balaban J connectivity index is 0.915. The highest BCUT2D eigenvalue weighted by molar-refractivity contribution is 6.18. The molecule has 60 heavy (non-hydrogen) atoms. The molecule has 0 aliphatic carbocycles. The van der Waals surface area contributed by atoms with E-state index in [1.165, 1.54) is 55.8 Å². The molecule has 4 heteroatoms. The molecule has 11 aromatic rings. The number of rotatable bonds is 2. The molecule has 9 aromatic carbocycles. The van der Waals surface area contributed by atoms with E-state index in [-0.39, 0.29) is 10.8 Å². The number of benzene rings is 9. The molecule has 0 saturated carbocycles. The fourth-order valence-electron chi connectivity index (χ4n) is 10.7. The van der Waals surface area contributed by atoms with Crippen LogP contribution in [0.25, 0.3) is 65.4 Å². The van der Waals surface area contributed by atoms with Gasteiger partial charge in [-0.15, -0.1) is 0 Å². The number of furan rings is 2. The third kappa shape index (κ3) is 4.51. The average Bonchev–Trinajstić information content (AvgIpc) is 3.79. The van der Waals surface area contributed by atoms with Crippen LogP contribution in [0.4, 0.5) is 34.1 Å². The zero-order valence-electron chi connectivity index (χ0n) is 33.9. The summed E-state index contributed by atoms with van der Waals surface area (Å²) in [5, 5.41) is 9.02. The Morgan fingerprint density at radius 3 is 1.03 bits per heavy atom. The Hall–Kier alpha value is -7.30. The lowest BCUT2D eigenvalue weighted by Gasteiger charge is -2.42. The molecular weight excluding hydrogens is 733 g/mol. The molecule has 2 aliphatic rings. The topological polar surface area (TPSA) is 32.8 Å². The first-order chi connectivity index (χ1) is 29.2. The van der Waals surface area contributed by atoms with E-state index < -0.39 is 0 Å². The summed E-state index contributed by atoms with van der Waals surface area (Å²) in [5.41, 5.74) is 15.6. The zero-order valence-corrected chi connectivity index (χ0v) is 33.9. The van der Waals surface area contributed by atoms with Gasteiger partial charge in [0.25, 0.3) is 0 Å². The van der Waals surface area contributed by atoms with Gasteiger partial charge < -0.3 is 18.6 Å². The van der Waals surface area contributed by atoms with E-state index in [0.717, 1.165) is 66.0 Å². The van der Waals surface area contributed by atoms with Gasteiger partial charge in [-0.25, -0.2) is 0 Å². The van der Waals surface area contributed by atoms with E-state index in [1.54, 1.807) is 0 Å². The number of anilines is 6. The van der Waals surface area contributed by atoms with Gasteiger partial charge in [-0.3, -0.25) is 0 Å². The summed E-state index contributed by atoms with van der Waals surface area (Å²) < 4.78 is 13.3. The van der Waals surface area contributed by atoms with Gasteiger partial charge in [0.15, 0.2) is 0 Å². The maximum absolute atomic E-state index is 6.64. The van der Waals surface area contributed by atoms with E-state index in [1.807, 2.05) is 0 Å². The van der Waals surface area contributed by atoms with Crippen LogP contribution in [-0.2, 0) is 10.8 Å². The minimum atomic E-state index is -0.103. The normalized spacial score (nSPS) is 15.2. The Bertz CT molecular complexity index is 3300. The molecule has 0 fully saturated rings. The predicted molar refractivity (Wildman–Crippen MR) is 250 cm³/mol. The highest BCUT2D eigenvalue weighted by atomic mass is 16.3. The predicted octanol–water partition coefficient (Wildman–Crippen LogP) is 16.0. The average molecular weight is 773 g/mol. The summed E-state index contributed by atoms with van der Waals surface area (Å²) in [4.78, 5) is 4.82. The molecule has 2 aliphatic heterocycles. The van der Waals surface area contributed by atoms with Gasteiger partial charge in [-0.1, -0.05) is 113 Å². The number of fused-ring (bicyclic) bond motifs is 12. The lowest BCUT2D eigenvalue weighted by Crippen LogP contribution is -2.30. The van der Waals surface area contributed by atoms with Crippen LogP contribution < -0.4 is 9.80 Å². The van der Waals surface area contributed by atoms with Crippen LogP contribution in [0.5, 0.6) is 0 Å². The van der Waals surface area contributed by atoms with Crippen molar-refractivity contribution in [3.05, 3.63) is 192 Å². The summed E-state index contributed by atoms with van der Waals surface area (Å²) in [5.74, 6) is 0. The third-order valence-corrected chi connectivity index (χ3v) is 13.7. The Morgan fingerprint density at radius 1 is 0.317 bits per heavy atom. The van der Waals surface area contributed by atoms with Crippen molar-refractivity contribution < 1.29 is 8.83 Å². The van der Waals surface area contributed by atoms with Crippen molar-refractivity contribution in [2.75, 3.05) is 9.80 Å². The fourth-order valence-corrected chi connectivity index (χ4v) is 10.7. The molecule has 0 amide bonds. The molecule has 4 heterocycles. The van der Waals surface area contributed by atoms with Gasteiger partial charge in [0.1, 0.15) is 22.3 Å². The second-order valence-corrected chi connectivity index (χ2v) is 17.8. The van der Waals surface area contributed by atoms with Crippen molar-refractivity contribution in [2.45, 2.75) is 38.5 Å². The molecule has 0 spiro atoms. The summed E-state index contributed by atoms with van der Waals surface area (Å²) in [6, 6.07) is 62.1. The first kappa shape index (κ1) is 33.6. The number of hydrogen-bond acceptors (Lipinski definition) is 4. The maximum Gasteiger partial charge on any atom is 0.139 e. The Labute approximate surface area is 347 Å². The maximum atomic E-state index is 6.64. The van der Waals surface area contributed by atoms with E-state index in [0.29, 0.717) is 0 Å². The summed E-state index contributed by atoms with van der Waals surface area (Å²) in [6.45, 7) is 9.31. The Morgan fingerprint density at radius 2 is 0.650 bits per heavy atom. The number of nitrogens with zero attached hydrogens (tertiary/aromatic N) is 2. The Kier molecular flexibility index (Phi) is 6.55. The molecule has 0 atom stereocenters. The largest absolute Gasteiger partial charge is 0.456 e. The smallest absolute Gasteiger partial charge is 0.139 e. The van der Waals surface area contributed by atoms with Crippen LogP contribution in [0.3, 0.4) is 0 Å². The fraction of sp³-hybridized carbons (Fsp3) is 0.107. The third-order valence-electron chi connectivity index (χ3n) is 13.7. The van der Waals surface area contributed by atoms with Crippen molar-refractivity contribution in [1.29, 1.82) is 0 Å². The zero-order chi connectivity index (χ0) is 40.1. The van der Waals surface area contributed by atoms with Crippen LogP contribution in [0.1, 0.15) is 49.9 Å². The van der Waals surface area contributed by atoms with Gasteiger partial charge >= 0.3 is 0 Å². The quantitative estimate of drug-likeness (QED) is 0.175. The first-order valence-corrected chi connectivity index (χ1v) is 20.9. The molecule has 2 aromatic heterocycles. The lowest BCUT2D eigenvalue weighted by atomic mass is 9.73. The highest BCUT2D eigenvalue weighted by Crippen LogP contribution is 2.54. The summed E-state index contributed by atoms with van der Waals surface area (Å²) >= 11 is 0.